The molecule has 1 aromatic carbocycles. The van der Waals surface area contributed by atoms with Gasteiger partial charge < -0.3 is 14.5 Å². The van der Waals surface area contributed by atoms with Crippen LogP contribution in [-0.4, -0.2) is 55.7 Å². The highest BCUT2D eigenvalue weighted by Crippen LogP contribution is 2.22. The molecule has 0 radical (unpaired) electrons. The maximum atomic E-state index is 5.25. The van der Waals surface area contributed by atoms with Crippen LogP contribution in [-0.2, 0) is 11.3 Å². The predicted octanol–water partition coefficient (Wildman–Crippen LogP) is 3.22. The molecule has 3 rings (SSSR count). The lowest BCUT2D eigenvalue weighted by Gasteiger charge is -2.37. The van der Waals surface area contributed by atoms with Gasteiger partial charge in [0.25, 0.3) is 0 Å². The molecule has 1 aromatic rings. The van der Waals surface area contributed by atoms with Crippen molar-refractivity contribution in [3.05, 3.63) is 35.9 Å². The predicted molar refractivity (Wildman–Crippen MR) is 105 cm³/mol. The first-order valence-corrected chi connectivity index (χ1v) is 8.44. The minimum atomic E-state index is 0. The smallest absolute Gasteiger partial charge is 0.197 e. The van der Waals surface area contributed by atoms with Crippen LogP contribution in [0.25, 0.3) is 0 Å². The number of guanidine groups is 1. The molecule has 0 N–H and O–H groups in total. The van der Waals surface area contributed by atoms with Crippen molar-refractivity contribution in [2.75, 3.05) is 39.9 Å². The number of halogens is 1. The molecule has 5 heteroatoms. The van der Waals surface area contributed by atoms with Crippen LogP contribution in [0.15, 0.2) is 35.3 Å². The zero-order valence-electron chi connectivity index (χ0n) is 14.0. The number of benzene rings is 1. The largest absolute Gasteiger partial charge is 0.385 e. The Morgan fingerprint density at radius 3 is 2.83 bits per heavy atom. The molecule has 0 amide bonds. The molecule has 2 aliphatic rings. The number of nitrogens with zero attached hydrogens (tertiary/aromatic N) is 3. The highest BCUT2D eigenvalue weighted by Gasteiger charge is 2.27. The van der Waals surface area contributed by atoms with Gasteiger partial charge in [0.1, 0.15) is 0 Å². The van der Waals surface area contributed by atoms with Gasteiger partial charge in [-0.15, -0.1) is 24.0 Å². The molecule has 2 aliphatic heterocycles. The fraction of sp³-hybridized carbons (Fsp3) is 0.611. The van der Waals surface area contributed by atoms with Crippen LogP contribution in [0.2, 0.25) is 0 Å². The Labute approximate surface area is 156 Å². The van der Waals surface area contributed by atoms with Gasteiger partial charge in [-0.25, -0.2) is 0 Å². The molecular formula is C18H28IN3O. The fourth-order valence-electron chi connectivity index (χ4n) is 3.49. The number of rotatable bonds is 5. The van der Waals surface area contributed by atoms with E-state index >= 15 is 0 Å². The molecule has 2 heterocycles. The first-order chi connectivity index (χ1) is 10.9. The summed E-state index contributed by atoms with van der Waals surface area (Å²) in [4.78, 5) is 9.73. The van der Waals surface area contributed by atoms with Gasteiger partial charge in [-0.2, -0.15) is 0 Å². The maximum absolute atomic E-state index is 5.25. The molecule has 0 bridgehead atoms. The quantitative estimate of drug-likeness (QED) is 0.673. The van der Waals surface area contributed by atoms with Gasteiger partial charge in [-0.3, -0.25) is 4.99 Å². The lowest BCUT2D eigenvalue weighted by molar-refractivity contribution is 0.149. The number of hydrogen-bond donors (Lipinski definition) is 0. The molecule has 0 aromatic heterocycles. The maximum Gasteiger partial charge on any atom is 0.197 e. The third-order valence-electron chi connectivity index (χ3n) is 4.65. The molecule has 0 spiro atoms. The number of hydrogen-bond acceptors (Lipinski definition) is 4. The summed E-state index contributed by atoms with van der Waals surface area (Å²) in [7, 11) is 1.79. The summed E-state index contributed by atoms with van der Waals surface area (Å²) in [5.74, 6) is 1.96. The summed E-state index contributed by atoms with van der Waals surface area (Å²) < 4.78 is 5.25. The Balaban J connectivity index is 0.00000192. The van der Waals surface area contributed by atoms with Crippen LogP contribution in [0.3, 0.4) is 0 Å². The summed E-state index contributed by atoms with van der Waals surface area (Å²) in [5.41, 5.74) is 1.37. The van der Waals surface area contributed by atoms with E-state index in [1.807, 2.05) is 0 Å². The summed E-state index contributed by atoms with van der Waals surface area (Å²) in [5, 5.41) is 0. The number of piperidine rings is 1. The van der Waals surface area contributed by atoms with Crippen molar-refractivity contribution in [1.82, 2.24) is 9.80 Å². The molecule has 0 saturated carbocycles. The highest BCUT2D eigenvalue weighted by molar-refractivity contribution is 14.0. The van der Waals surface area contributed by atoms with E-state index in [0.29, 0.717) is 0 Å². The Hall–Kier alpha value is -0.820. The molecule has 0 aliphatic carbocycles. The Kier molecular flexibility index (Phi) is 7.62. The zero-order chi connectivity index (χ0) is 15.2. The van der Waals surface area contributed by atoms with Crippen LogP contribution in [0.1, 0.15) is 24.8 Å². The molecule has 1 saturated heterocycles. The van der Waals surface area contributed by atoms with E-state index in [-0.39, 0.29) is 24.0 Å². The lowest BCUT2D eigenvalue weighted by atomic mass is 9.95. The van der Waals surface area contributed by atoms with Gasteiger partial charge in [-0.05, 0) is 30.7 Å². The minimum absolute atomic E-state index is 0. The molecule has 4 nitrogen and oxygen atoms in total. The van der Waals surface area contributed by atoms with Crippen molar-refractivity contribution in [2.45, 2.75) is 25.8 Å². The van der Waals surface area contributed by atoms with Gasteiger partial charge in [-0.1, -0.05) is 30.3 Å². The highest BCUT2D eigenvalue weighted by atomic mass is 127. The number of likely N-dealkylation sites (tertiary alicyclic amines) is 1. The second-order valence-electron chi connectivity index (χ2n) is 6.32. The van der Waals surface area contributed by atoms with Crippen LogP contribution >= 0.6 is 24.0 Å². The fourth-order valence-corrected chi connectivity index (χ4v) is 3.49. The van der Waals surface area contributed by atoms with Crippen LogP contribution in [0, 0.1) is 5.92 Å². The second-order valence-corrected chi connectivity index (χ2v) is 6.32. The summed E-state index contributed by atoms with van der Waals surface area (Å²) >= 11 is 0. The van der Waals surface area contributed by atoms with E-state index in [2.05, 4.69) is 40.1 Å². The standard InChI is InChI=1S/C18H27N3O.HI/c1-22-13-9-17-8-5-11-20(15-17)18-19-10-12-21(18)14-16-6-3-2-4-7-16;/h2-4,6-7,17H,5,8-15H2,1H3;1H. The van der Waals surface area contributed by atoms with Crippen molar-refractivity contribution in [3.8, 4) is 0 Å². The SMILES string of the molecule is COCCC1CCCN(C2=NCCN2Cc2ccccc2)C1.I. The summed E-state index contributed by atoms with van der Waals surface area (Å²) in [6, 6.07) is 10.7. The molecule has 128 valence electrons. The van der Waals surface area contributed by atoms with Crippen molar-refractivity contribution in [3.63, 3.8) is 0 Å². The van der Waals surface area contributed by atoms with Gasteiger partial charge in [0.15, 0.2) is 5.96 Å². The normalized spacial score (nSPS) is 21.1. The molecule has 23 heavy (non-hydrogen) atoms. The zero-order valence-corrected chi connectivity index (χ0v) is 16.3. The van der Waals surface area contributed by atoms with Crippen LogP contribution in [0.5, 0.6) is 0 Å². The van der Waals surface area contributed by atoms with E-state index in [1.54, 1.807) is 7.11 Å². The molecule has 1 atom stereocenters. The summed E-state index contributed by atoms with van der Waals surface area (Å²) in [6.45, 7) is 6.10. The van der Waals surface area contributed by atoms with Crippen molar-refractivity contribution in [1.29, 1.82) is 0 Å². The number of ether oxygens (including phenoxy) is 1. The molecule has 1 fully saturated rings. The topological polar surface area (TPSA) is 28.1 Å². The van der Waals surface area contributed by atoms with E-state index in [1.165, 1.54) is 30.8 Å². The monoisotopic (exact) mass is 429 g/mol. The van der Waals surface area contributed by atoms with Gasteiger partial charge in [0, 0.05) is 39.9 Å². The van der Waals surface area contributed by atoms with E-state index < -0.39 is 0 Å². The molecular weight excluding hydrogens is 401 g/mol. The summed E-state index contributed by atoms with van der Waals surface area (Å²) in [6.07, 6.45) is 3.76. The van der Waals surface area contributed by atoms with Gasteiger partial charge in [0.05, 0.1) is 6.54 Å². The Morgan fingerprint density at radius 2 is 2.04 bits per heavy atom. The van der Waals surface area contributed by atoms with Gasteiger partial charge >= 0.3 is 0 Å². The average Bonchev–Trinajstić information content (AvgIpc) is 3.02. The number of methoxy groups -OCH3 is 1. The number of aliphatic imine (C=N–C) groups is 1. The minimum Gasteiger partial charge on any atom is -0.385 e. The lowest BCUT2D eigenvalue weighted by Crippen LogP contribution is -2.46. The Bertz CT molecular complexity index is 494. The van der Waals surface area contributed by atoms with Gasteiger partial charge in [0.2, 0.25) is 0 Å². The van der Waals surface area contributed by atoms with Crippen LogP contribution in [0.4, 0.5) is 0 Å². The van der Waals surface area contributed by atoms with E-state index in [0.717, 1.165) is 45.2 Å². The third-order valence-corrected chi connectivity index (χ3v) is 4.65. The first kappa shape index (κ1) is 18.5. The third kappa shape index (κ3) is 5.08. The van der Waals surface area contributed by atoms with Crippen molar-refractivity contribution in [2.24, 2.45) is 10.9 Å². The second kappa shape index (κ2) is 9.47. The first-order valence-electron chi connectivity index (χ1n) is 8.44. The average molecular weight is 429 g/mol. The van der Waals surface area contributed by atoms with E-state index in [9.17, 15) is 0 Å². The Morgan fingerprint density at radius 1 is 1.22 bits per heavy atom. The van der Waals surface area contributed by atoms with Crippen molar-refractivity contribution < 1.29 is 4.74 Å². The van der Waals surface area contributed by atoms with Crippen LogP contribution < -0.4 is 0 Å². The van der Waals surface area contributed by atoms with Crippen molar-refractivity contribution >= 4 is 29.9 Å². The molecule has 1 unspecified atom stereocenters. The van der Waals surface area contributed by atoms with E-state index in [4.69, 9.17) is 9.73 Å².